The van der Waals surface area contributed by atoms with Crippen LogP contribution in [0.15, 0.2) is 48.5 Å². The molecule has 0 fully saturated rings. The van der Waals surface area contributed by atoms with Gasteiger partial charge in [0, 0.05) is 0 Å². The molecule has 0 aliphatic rings. The quantitative estimate of drug-likeness (QED) is 0.768. The van der Waals surface area contributed by atoms with Gasteiger partial charge in [-0.05, 0) is 31.5 Å². The number of aryl methyl sites for hydroxylation is 2. The average Bonchev–Trinajstić information content (AvgIpc) is 2.56. The lowest BCUT2D eigenvalue weighted by Crippen LogP contribution is -1.95. The van der Waals surface area contributed by atoms with Crippen LogP contribution in [0.4, 0.5) is 0 Å². The first kappa shape index (κ1) is 19.7. The van der Waals surface area contributed by atoms with Gasteiger partial charge in [0.2, 0.25) is 0 Å². The van der Waals surface area contributed by atoms with Crippen LogP contribution >= 0.6 is 0 Å². The van der Waals surface area contributed by atoms with E-state index in [1.807, 2.05) is 26.0 Å². The van der Waals surface area contributed by atoms with Gasteiger partial charge in [-0.25, -0.2) is 0 Å². The molecule has 2 aromatic carbocycles. The number of rotatable bonds is 4. The molecular formula is C19H26O3. The standard InChI is InChI=1S/C15H16O.C2H4O2.C2H6/c1-12-6-8-15(9-7-12)16-11-14-5-3-4-13(2)10-14;1-4-2-3;1-2/h3-10H,11H2,1-2H3;2H,1H3;1-2H3. The van der Waals surface area contributed by atoms with Crippen LogP contribution in [0.5, 0.6) is 5.75 Å². The lowest BCUT2D eigenvalue weighted by Gasteiger charge is -2.07. The van der Waals surface area contributed by atoms with Gasteiger partial charge in [-0.2, -0.15) is 0 Å². The topological polar surface area (TPSA) is 35.5 Å². The van der Waals surface area contributed by atoms with Crippen LogP contribution in [0, 0.1) is 13.8 Å². The van der Waals surface area contributed by atoms with Crippen LogP contribution < -0.4 is 4.74 Å². The molecule has 0 heterocycles. The fourth-order valence-corrected chi connectivity index (χ4v) is 1.60. The van der Waals surface area contributed by atoms with Crippen molar-refractivity contribution in [3.8, 4) is 5.75 Å². The van der Waals surface area contributed by atoms with Crippen LogP contribution in [0.25, 0.3) is 0 Å². The molecular weight excluding hydrogens is 276 g/mol. The molecule has 2 aromatic rings. The first-order valence-electron chi connectivity index (χ1n) is 7.37. The van der Waals surface area contributed by atoms with Gasteiger partial charge in [0.15, 0.2) is 0 Å². The fraction of sp³-hybridized carbons (Fsp3) is 0.316. The molecule has 0 atom stereocenters. The van der Waals surface area contributed by atoms with Crippen LogP contribution in [0.3, 0.4) is 0 Å². The molecule has 0 spiro atoms. The highest BCUT2D eigenvalue weighted by atomic mass is 16.5. The van der Waals surface area contributed by atoms with E-state index in [0.717, 1.165) is 5.75 Å². The molecule has 0 N–H and O–H groups in total. The Hall–Kier alpha value is -2.29. The van der Waals surface area contributed by atoms with Crippen LogP contribution in [-0.4, -0.2) is 13.6 Å². The van der Waals surface area contributed by atoms with Crippen molar-refractivity contribution in [1.29, 1.82) is 0 Å². The predicted octanol–water partition coefficient (Wildman–Crippen LogP) is 4.70. The second-order valence-electron chi connectivity index (χ2n) is 4.42. The van der Waals surface area contributed by atoms with Crippen LogP contribution in [0.1, 0.15) is 30.5 Å². The molecule has 0 unspecified atom stereocenters. The summed E-state index contributed by atoms with van der Waals surface area (Å²) in [7, 11) is 1.31. The van der Waals surface area contributed by atoms with E-state index in [9.17, 15) is 0 Å². The second kappa shape index (κ2) is 12.5. The molecule has 0 aliphatic heterocycles. The monoisotopic (exact) mass is 302 g/mol. The van der Waals surface area contributed by atoms with Gasteiger partial charge in [-0.15, -0.1) is 0 Å². The molecule has 120 valence electrons. The highest BCUT2D eigenvalue weighted by molar-refractivity contribution is 5.36. The minimum atomic E-state index is 0.375. The maximum Gasteiger partial charge on any atom is 0.292 e. The zero-order valence-electron chi connectivity index (χ0n) is 14.1. The van der Waals surface area contributed by atoms with E-state index in [1.54, 1.807) is 0 Å². The smallest absolute Gasteiger partial charge is 0.292 e. The number of ether oxygens (including phenoxy) is 2. The number of carbonyl (C=O) groups is 1. The lowest BCUT2D eigenvalue weighted by atomic mass is 10.1. The summed E-state index contributed by atoms with van der Waals surface area (Å²) in [5.41, 5.74) is 3.73. The van der Waals surface area contributed by atoms with E-state index in [4.69, 9.17) is 9.53 Å². The fourth-order valence-electron chi connectivity index (χ4n) is 1.60. The Labute approximate surface area is 133 Å². The molecule has 0 bridgehead atoms. The Morgan fingerprint density at radius 1 is 0.955 bits per heavy atom. The first-order chi connectivity index (χ1) is 10.7. The Balaban J connectivity index is 0.000000640. The van der Waals surface area contributed by atoms with Crippen molar-refractivity contribution < 1.29 is 14.3 Å². The average molecular weight is 302 g/mol. The van der Waals surface area contributed by atoms with Gasteiger partial charge < -0.3 is 9.47 Å². The summed E-state index contributed by atoms with van der Waals surface area (Å²) in [4.78, 5) is 8.95. The Morgan fingerprint density at radius 3 is 2.05 bits per heavy atom. The van der Waals surface area contributed by atoms with Crippen LogP contribution in [0.2, 0.25) is 0 Å². The number of methoxy groups -OCH3 is 1. The van der Waals surface area contributed by atoms with Gasteiger partial charge in [-0.1, -0.05) is 61.4 Å². The normalized spacial score (nSPS) is 8.59. The van der Waals surface area contributed by atoms with Crippen molar-refractivity contribution in [3.63, 3.8) is 0 Å². The van der Waals surface area contributed by atoms with E-state index in [-0.39, 0.29) is 0 Å². The van der Waals surface area contributed by atoms with E-state index in [1.165, 1.54) is 23.8 Å². The van der Waals surface area contributed by atoms with Crippen molar-refractivity contribution in [2.45, 2.75) is 34.3 Å². The molecule has 3 heteroatoms. The van der Waals surface area contributed by atoms with E-state index in [0.29, 0.717) is 13.1 Å². The number of hydrogen-bond donors (Lipinski definition) is 0. The van der Waals surface area contributed by atoms with Gasteiger partial charge in [0.25, 0.3) is 6.47 Å². The van der Waals surface area contributed by atoms with E-state index >= 15 is 0 Å². The Kier molecular flexibility index (Phi) is 11.2. The van der Waals surface area contributed by atoms with Crippen molar-refractivity contribution in [2.75, 3.05) is 7.11 Å². The SMILES string of the molecule is CC.COC=O.Cc1ccc(OCc2cccc(C)c2)cc1. The Morgan fingerprint density at radius 2 is 1.55 bits per heavy atom. The molecule has 2 rings (SSSR count). The van der Waals surface area contributed by atoms with Gasteiger partial charge >= 0.3 is 0 Å². The zero-order valence-corrected chi connectivity index (χ0v) is 14.1. The highest BCUT2D eigenvalue weighted by Crippen LogP contribution is 2.14. The van der Waals surface area contributed by atoms with Crippen molar-refractivity contribution in [1.82, 2.24) is 0 Å². The summed E-state index contributed by atoms with van der Waals surface area (Å²) in [6.45, 7) is 9.17. The summed E-state index contributed by atoms with van der Waals surface area (Å²) in [5.74, 6) is 0.923. The number of carbonyl (C=O) groups excluding carboxylic acids is 1. The highest BCUT2D eigenvalue weighted by Gasteiger charge is 1.95. The molecule has 0 radical (unpaired) electrons. The van der Waals surface area contributed by atoms with Gasteiger partial charge in [-0.3, -0.25) is 4.79 Å². The molecule has 22 heavy (non-hydrogen) atoms. The molecule has 0 aliphatic carbocycles. The molecule has 0 saturated carbocycles. The number of benzene rings is 2. The summed E-state index contributed by atoms with van der Waals surface area (Å²) in [6.07, 6.45) is 0. The molecule has 0 saturated heterocycles. The third-order valence-electron chi connectivity index (χ3n) is 2.61. The van der Waals surface area contributed by atoms with Crippen molar-refractivity contribution in [2.24, 2.45) is 0 Å². The van der Waals surface area contributed by atoms with Crippen LogP contribution in [-0.2, 0) is 16.1 Å². The largest absolute Gasteiger partial charge is 0.489 e. The summed E-state index contributed by atoms with van der Waals surface area (Å²) >= 11 is 0. The summed E-state index contributed by atoms with van der Waals surface area (Å²) in [6, 6.07) is 16.5. The van der Waals surface area contributed by atoms with Gasteiger partial charge in [0.05, 0.1) is 7.11 Å². The molecule has 0 aromatic heterocycles. The molecule has 0 amide bonds. The Bertz CT molecular complexity index is 518. The number of hydrogen-bond acceptors (Lipinski definition) is 3. The summed E-state index contributed by atoms with van der Waals surface area (Å²) < 4.78 is 9.56. The van der Waals surface area contributed by atoms with E-state index < -0.39 is 0 Å². The maximum atomic E-state index is 8.95. The minimum Gasteiger partial charge on any atom is -0.489 e. The van der Waals surface area contributed by atoms with E-state index in [2.05, 4.69) is 55.0 Å². The maximum absolute atomic E-state index is 8.95. The minimum absolute atomic E-state index is 0.375. The third-order valence-corrected chi connectivity index (χ3v) is 2.61. The predicted molar refractivity (Wildman–Crippen MR) is 91.1 cm³/mol. The van der Waals surface area contributed by atoms with Crippen molar-refractivity contribution in [3.05, 3.63) is 65.2 Å². The second-order valence-corrected chi connectivity index (χ2v) is 4.42. The van der Waals surface area contributed by atoms with Crippen molar-refractivity contribution >= 4 is 6.47 Å². The lowest BCUT2D eigenvalue weighted by molar-refractivity contribution is -0.126. The third kappa shape index (κ3) is 8.80. The zero-order chi connectivity index (χ0) is 16.8. The first-order valence-corrected chi connectivity index (χ1v) is 7.37. The summed E-state index contributed by atoms with van der Waals surface area (Å²) in [5, 5.41) is 0. The van der Waals surface area contributed by atoms with Gasteiger partial charge in [0.1, 0.15) is 12.4 Å². The molecule has 3 nitrogen and oxygen atoms in total.